The van der Waals surface area contributed by atoms with Crippen LogP contribution in [0.1, 0.15) is 35.7 Å². The predicted molar refractivity (Wildman–Crippen MR) is 98.5 cm³/mol. The molecule has 0 atom stereocenters. The summed E-state index contributed by atoms with van der Waals surface area (Å²) in [6.07, 6.45) is 3.34. The monoisotopic (exact) mass is 346 g/mol. The lowest BCUT2D eigenvalue weighted by Crippen LogP contribution is -2.28. The third-order valence-electron chi connectivity index (χ3n) is 3.23. The number of nitrogens with two attached hydrogens (primary N) is 2. The zero-order valence-electron chi connectivity index (χ0n) is 14.7. The van der Waals surface area contributed by atoms with Crippen LogP contribution in [0.4, 0.5) is 0 Å². The van der Waals surface area contributed by atoms with Crippen LogP contribution in [-0.2, 0) is 16.1 Å². The number of esters is 1. The maximum absolute atomic E-state index is 11.4. The quantitative estimate of drug-likeness (QED) is 0.207. The summed E-state index contributed by atoms with van der Waals surface area (Å²) in [4.78, 5) is 15.6. The van der Waals surface area contributed by atoms with E-state index in [-0.39, 0.29) is 18.4 Å². The molecule has 7 heteroatoms. The fourth-order valence-corrected chi connectivity index (χ4v) is 1.92. The Labute approximate surface area is 148 Å². The number of nitrogens with one attached hydrogen (secondary N) is 1. The molecule has 0 unspecified atom stereocenters. The zero-order valence-corrected chi connectivity index (χ0v) is 14.7. The van der Waals surface area contributed by atoms with Gasteiger partial charge in [-0.3, -0.25) is 0 Å². The third-order valence-corrected chi connectivity index (χ3v) is 3.23. The molecule has 0 saturated heterocycles. The highest BCUT2D eigenvalue weighted by Gasteiger charge is 2.10. The van der Waals surface area contributed by atoms with Gasteiger partial charge in [-0.05, 0) is 24.1 Å². The van der Waals surface area contributed by atoms with Crippen LogP contribution in [0.25, 0.3) is 0 Å². The third kappa shape index (κ3) is 6.99. The van der Waals surface area contributed by atoms with Crippen LogP contribution in [0.15, 0.2) is 53.6 Å². The number of unbranched alkanes of at least 4 members (excludes halogenated alkanes) is 1. The molecule has 0 aromatic heterocycles. The summed E-state index contributed by atoms with van der Waals surface area (Å²) in [5, 5.41) is 3.15. The molecular weight excluding hydrogens is 320 g/mol. The van der Waals surface area contributed by atoms with Crippen molar-refractivity contribution in [2.24, 2.45) is 16.5 Å². The Hall–Kier alpha value is -2.96. The molecule has 0 saturated carbocycles. The Kier molecular flexibility index (Phi) is 8.63. The van der Waals surface area contributed by atoms with Gasteiger partial charge in [-0.1, -0.05) is 32.1 Å². The van der Waals surface area contributed by atoms with Crippen molar-refractivity contribution in [2.45, 2.75) is 26.4 Å². The van der Waals surface area contributed by atoms with E-state index in [0.29, 0.717) is 17.2 Å². The maximum Gasteiger partial charge on any atom is 0.337 e. The van der Waals surface area contributed by atoms with Crippen LogP contribution >= 0.6 is 0 Å². The SMILES string of the molecule is C=C(N)/N=C(NCCCC)\C(=C/N)OCc1ccc(C(=O)OC)cc1. The molecule has 25 heavy (non-hydrogen) atoms. The van der Waals surface area contributed by atoms with Crippen molar-refractivity contribution in [2.75, 3.05) is 13.7 Å². The van der Waals surface area contributed by atoms with Gasteiger partial charge in [-0.2, -0.15) is 0 Å². The van der Waals surface area contributed by atoms with Crippen LogP contribution in [0, 0.1) is 0 Å². The molecule has 1 rings (SSSR count). The Balaban J connectivity index is 2.76. The lowest BCUT2D eigenvalue weighted by molar-refractivity contribution is 0.0600. The van der Waals surface area contributed by atoms with Crippen LogP contribution < -0.4 is 16.8 Å². The Bertz CT molecular complexity index is 636. The van der Waals surface area contributed by atoms with Crippen LogP contribution in [0.3, 0.4) is 0 Å². The summed E-state index contributed by atoms with van der Waals surface area (Å²) in [5.41, 5.74) is 12.6. The van der Waals surface area contributed by atoms with Gasteiger partial charge in [0.05, 0.1) is 12.7 Å². The number of benzene rings is 1. The van der Waals surface area contributed by atoms with E-state index in [4.69, 9.17) is 16.2 Å². The number of amidine groups is 1. The number of aliphatic imine (C=N–C) groups is 1. The van der Waals surface area contributed by atoms with Gasteiger partial charge < -0.3 is 26.3 Å². The minimum Gasteiger partial charge on any atom is -0.484 e. The Morgan fingerprint density at radius 2 is 2.04 bits per heavy atom. The minimum atomic E-state index is -0.383. The lowest BCUT2D eigenvalue weighted by Gasteiger charge is -2.14. The summed E-state index contributed by atoms with van der Waals surface area (Å²) < 4.78 is 10.4. The fourth-order valence-electron chi connectivity index (χ4n) is 1.92. The number of carbonyl (C=O) groups excluding carboxylic acids is 1. The molecule has 5 N–H and O–H groups in total. The highest BCUT2D eigenvalue weighted by Crippen LogP contribution is 2.10. The van der Waals surface area contributed by atoms with Gasteiger partial charge in [-0.25, -0.2) is 9.79 Å². The summed E-state index contributed by atoms with van der Waals surface area (Å²) in [5.74, 6) is 0.588. The normalized spacial score (nSPS) is 11.8. The standard InChI is InChI=1S/C18H26N4O3/c1-4-5-10-21-17(22-13(2)20)16(11-19)25-12-14-6-8-15(9-7-14)18(23)24-3/h6-9,11H,2,4-5,10,12,19-20H2,1,3H3,(H,21,22)/b16-11+. The largest absolute Gasteiger partial charge is 0.484 e. The van der Waals surface area contributed by atoms with Gasteiger partial charge in [-0.15, -0.1) is 0 Å². The number of rotatable bonds is 9. The van der Waals surface area contributed by atoms with Gasteiger partial charge >= 0.3 is 5.97 Å². The van der Waals surface area contributed by atoms with Gasteiger partial charge in [0, 0.05) is 12.7 Å². The van der Waals surface area contributed by atoms with Crippen LogP contribution in [0.5, 0.6) is 0 Å². The number of nitrogens with zero attached hydrogens (tertiary/aromatic N) is 1. The number of carbonyl (C=O) groups is 1. The fraction of sp³-hybridized carbons (Fsp3) is 0.333. The first kappa shape index (κ1) is 20.1. The van der Waals surface area contributed by atoms with Crippen molar-refractivity contribution in [3.05, 3.63) is 59.8 Å². The van der Waals surface area contributed by atoms with E-state index in [0.717, 1.165) is 24.9 Å². The van der Waals surface area contributed by atoms with Crippen molar-refractivity contribution >= 4 is 11.8 Å². The molecule has 0 aliphatic heterocycles. The van der Waals surface area contributed by atoms with Crippen LogP contribution in [-0.4, -0.2) is 25.5 Å². The molecule has 136 valence electrons. The first-order valence-electron chi connectivity index (χ1n) is 8.01. The van der Waals surface area contributed by atoms with Crippen molar-refractivity contribution in [3.8, 4) is 0 Å². The van der Waals surface area contributed by atoms with E-state index < -0.39 is 0 Å². The second kappa shape index (κ2) is 10.7. The van der Waals surface area contributed by atoms with E-state index in [2.05, 4.69) is 28.5 Å². The summed E-state index contributed by atoms with van der Waals surface area (Å²) in [6.45, 7) is 6.65. The molecule has 0 fully saturated rings. The molecule has 0 bridgehead atoms. The summed E-state index contributed by atoms with van der Waals surface area (Å²) in [6, 6.07) is 6.91. The van der Waals surface area contributed by atoms with E-state index >= 15 is 0 Å². The first-order valence-corrected chi connectivity index (χ1v) is 8.01. The molecule has 1 aromatic carbocycles. The lowest BCUT2D eigenvalue weighted by atomic mass is 10.1. The summed E-state index contributed by atoms with van der Waals surface area (Å²) in [7, 11) is 1.34. The number of methoxy groups -OCH3 is 1. The van der Waals surface area contributed by atoms with E-state index in [1.54, 1.807) is 24.3 Å². The van der Waals surface area contributed by atoms with E-state index in [9.17, 15) is 4.79 Å². The molecule has 0 amide bonds. The molecular formula is C18H26N4O3. The highest BCUT2D eigenvalue weighted by molar-refractivity contribution is 5.97. The Morgan fingerprint density at radius 1 is 1.36 bits per heavy atom. The van der Waals surface area contributed by atoms with Crippen molar-refractivity contribution < 1.29 is 14.3 Å². The second-order valence-corrected chi connectivity index (χ2v) is 5.24. The number of hydrogen-bond donors (Lipinski definition) is 3. The molecule has 0 spiro atoms. The number of ether oxygens (including phenoxy) is 2. The van der Waals surface area contributed by atoms with Crippen LogP contribution in [0.2, 0.25) is 0 Å². The molecule has 1 aromatic rings. The average molecular weight is 346 g/mol. The second-order valence-electron chi connectivity index (χ2n) is 5.24. The minimum absolute atomic E-state index is 0.157. The molecule has 7 nitrogen and oxygen atoms in total. The van der Waals surface area contributed by atoms with E-state index in [1.807, 2.05) is 0 Å². The maximum atomic E-state index is 11.4. The zero-order chi connectivity index (χ0) is 18.7. The van der Waals surface area contributed by atoms with Gasteiger partial charge in [0.15, 0.2) is 11.6 Å². The highest BCUT2D eigenvalue weighted by atomic mass is 16.5. The molecule has 0 aliphatic carbocycles. The van der Waals surface area contributed by atoms with Gasteiger partial charge in [0.1, 0.15) is 12.4 Å². The summed E-state index contributed by atoms with van der Waals surface area (Å²) >= 11 is 0. The molecule has 0 aliphatic rings. The Morgan fingerprint density at radius 3 is 2.56 bits per heavy atom. The van der Waals surface area contributed by atoms with Crippen molar-refractivity contribution in [1.82, 2.24) is 5.32 Å². The van der Waals surface area contributed by atoms with Crippen molar-refractivity contribution in [3.63, 3.8) is 0 Å². The smallest absolute Gasteiger partial charge is 0.337 e. The topological polar surface area (TPSA) is 112 Å². The molecule has 0 heterocycles. The number of hydrogen-bond acceptors (Lipinski definition) is 6. The van der Waals surface area contributed by atoms with E-state index in [1.165, 1.54) is 13.3 Å². The van der Waals surface area contributed by atoms with Gasteiger partial charge in [0.2, 0.25) is 0 Å². The first-order chi connectivity index (χ1) is 12.0. The molecule has 0 radical (unpaired) electrons. The van der Waals surface area contributed by atoms with Gasteiger partial charge in [0.25, 0.3) is 0 Å². The predicted octanol–water partition coefficient (Wildman–Crippen LogP) is 2.01. The average Bonchev–Trinajstić information content (AvgIpc) is 2.61. The van der Waals surface area contributed by atoms with Crippen molar-refractivity contribution in [1.29, 1.82) is 0 Å².